The Morgan fingerprint density at radius 3 is 1.73 bits per heavy atom. The summed E-state index contributed by atoms with van der Waals surface area (Å²) in [4.78, 5) is 13.1. The van der Waals surface area contributed by atoms with Crippen molar-refractivity contribution in [2.24, 2.45) is 29.6 Å². The van der Waals surface area contributed by atoms with Crippen LogP contribution in [-0.4, -0.2) is 47.8 Å². The van der Waals surface area contributed by atoms with Crippen LogP contribution in [0.3, 0.4) is 0 Å². The molecule has 0 saturated heterocycles. The van der Waals surface area contributed by atoms with E-state index in [0.717, 1.165) is 23.3 Å². The maximum Gasteiger partial charge on any atom is 0.193 e. The molecule has 0 unspecified atom stereocenters. The first-order chi connectivity index (χ1) is 29.3. The second-order valence-electron chi connectivity index (χ2n) is 21.2. The Hall–Kier alpha value is -3.60. The Kier molecular flexibility index (Phi) is 20.1. The summed E-state index contributed by atoms with van der Waals surface area (Å²) >= 11 is 0. The van der Waals surface area contributed by atoms with E-state index < -0.39 is 16.6 Å². The molecule has 8 atom stereocenters. The van der Waals surface area contributed by atoms with Crippen molar-refractivity contribution < 1.29 is 23.1 Å². The molecule has 5 nitrogen and oxygen atoms in total. The van der Waals surface area contributed by atoms with Gasteiger partial charge >= 0.3 is 0 Å². The van der Waals surface area contributed by atoms with Gasteiger partial charge in [-0.15, -0.1) is 0 Å². The van der Waals surface area contributed by atoms with Crippen LogP contribution in [0.15, 0.2) is 121 Å². The summed E-state index contributed by atoms with van der Waals surface area (Å²) in [5.74, 6) is 1.66. The van der Waals surface area contributed by atoms with Crippen LogP contribution in [0.1, 0.15) is 117 Å². The quantitative estimate of drug-likeness (QED) is 0.0411. The fourth-order valence-electron chi connectivity index (χ4n) is 7.83. The lowest BCUT2D eigenvalue weighted by Gasteiger charge is -2.45. The molecule has 0 amide bonds. The fourth-order valence-corrected chi connectivity index (χ4v) is 10.8. The average Bonchev–Trinajstić information content (AvgIpc) is 3.22. The molecular formula is C56H84O5Si2. The molecule has 0 N–H and O–H groups in total. The molecule has 7 heteroatoms. The lowest BCUT2D eigenvalue weighted by Crippen LogP contribution is -2.50. The molecule has 0 radical (unpaired) electrons. The topological polar surface area (TPSA) is 54.0 Å². The Morgan fingerprint density at radius 2 is 1.21 bits per heavy atom. The number of hydrogen-bond acceptors (Lipinski definition) is 5. The fraction of sp³-hybridized carbons (Fsp3) is 0.518. The molecule has 0 aromatic heterocycles. The van der Waals surface area contributed by atoms with Gasteiger partial charge in [0.25, 0.3) is 0 Å². The Bertz CT molecular complexity index is 1950. The first-order valence-electron chi connectivity index (χ1n) is 23.3. The molecule has 63 heavy (non-hydrogen) atoms. The molecule has 0 spiro atoms. The molecule has 346 valence electrons. The Labute approximate surface area is 386 Å². The number of hydrogen-bond donors (Lipinski definition) is 0. The highest BCUT2D eigenvalue weighted by molar-refractivity contribution is 6.74. The van der Waals surface area contributed by atoms with Crippen LogP contribution in [0, 0.1) is 29.6 Å². The van der Waals surface area contributed by atoms with Crippen molar-refractivity contribution in [3.05, 3.63) is 144 Å². The van der Waals surface area contributed by atoms with E-state index in [4.69, 9.17) is 18.3 Å². The van der Waals surface area contributed by atoms with Crippen molar-refractivity contribution >= 4 is 28.5 Å². The zero-order chi connectivity index (χ0) is 47.3. The van der Waals surface area contributed by atoms with E-state index in [1.807, 2.05) is 78.9 Å². The molecule has 0 aliphatic heterocycles. The zero-order valence-corrected chi connectivity index (χ0v) is 44.3. The Morgan fingerprint density at radius 1 is 0.683 bits per heavy atom. The largest absolute Gasteiger partial charge is 0.497 e. The van der Waals surface area contributed by atoms with Crippen LogP contribution in [0.4, 0.5) is 0 Å². The summed E-state index contributed by atoms with van der Waals surface area (Å²) in [5, 5.41) is 0.120. The number of benzene rings is 3. The molecule has 0 fully saturated rings. The van der Waals surface area contributed by atoms with Crippen molar-refractivity contribution in [2.45, 2.75) is 151 Å². The summed E-state index contributed by atoms with van der Waals surface area (Å²) < 4.78 is 27.1. The molecule has 0 bridgehead atoms. The van der Waals surface area contributed by atoms with Gasteiger partial charge in [0.05, 0.1) is 32.0 Å². The summed E-state index contributed by atoms with van der Waals surface area (Å²) in [7, 11) is -2.62. The van der Waals surface area contributed by atoms with Gasteiger partial charge in [-0.05, 0) is 90.6 Å². The highest BCUT2D eigenvalue weighted by atomic mass is 28.4. The summed E-state index contributed by atoms with van der Waals surface area (Å²) in [6, 6.07) is 25.5. The molecule has 0 heterocycles. The van der Waals surface area contributed by atoms with Crippen LogP contribution in [0.25, 0.3) is 6.08 Å². The normalized spacial score (nSPS) is 17.2. The van der Waals surface area contributed by atoms with E-state index in [-0.39, 0.29) is 63.8 Å². The summed E-state index contributed by atoms with van der Waals surface area (Å²) in [5.41, 5.74) is 4.91. The molecule has 0 saturated carbocycles. The highest BCUT2D eigenvalue weighted by Gasteiger charge is 2.44. The third-order valence-electron chi connectivity index (χ3n) is 13.8. The van der Waals surface area contributed by atoms with Gasteiger partial charge in [-0.25, -0.2) is 0 Å². The summed E-state index contributed by atoms with van der Waals surface area (Å²) in [6.07, 6.45) is 13.8. The predicted octanol–water partition coefficient (Wildman–Crippen LogP) is 15.6. The number of ether oxygens (including phenoxy) is 2. The number of carbonyl (C=O) groups is 1. The van der Waals surface area contributed by atoms with Crippen molar-refractivity contribution in [3.63, 3.8) is 0 Å². The minimum atomic E-state index is -2.18. The Balaban J connectivity index is 1.95. The molecule has 0 aliphatic carbocycles. The standard InChI is InChI=1S/C56H84O5Si2/c1-19-20-24-41(3)53(59-39-47-31-35-50(58-14)36-32-47)45(7)54(61-63(17,18)56(11,12)13)44(6)38-40(2)37-43(5)52(60-62(15,16)55(8,9)10)42(4)27-28-46-29-33-49(34-30-46)51(57)48-25-22-21-23-26-48/h19-37,41-45,52-54H,1,38-39H2,2-18H3/b24-20-,28-27-,40-37-/t41-,42-,43-,44-,45+,52-,53-,54+/m0/s1. The first kappa shape index (κ1) is 53.7. The van der Waals surface area contributed by atoms with Gasteiger partial charge in [0.1, 0.15) is 5.75 Å². The van der Waals surface area contributed by atoms with E-state index in [1.165, 1.54) is 5.57 Å². The maximum atomic E-state index is 13.1. The minimum absolute atomic E-state index is 0.0160. The predicted molar refractivity (Wildman–Crippen MR) is 275 cm³/mol. The summed E-state index contributed by atoms with van der Waals surface area (Å²) in [6.45, 7) is 41.7. The van der Waals surface area contributed by atoms with Crippen LogP contribution < -0.4 is 4.74 Å². The van der Waals surface area contributed by atoms with E-state index in [0.29, 0.717) is 17.7 Å². The maximum absolute atomic E-state index is 13.1. The van der Waals surface area contributed by atoms with Crippen LogP contribution in [0.2, 0.25) is 36.3 Å². The van der Waals surface area contributed by atoms with Crippen LogP contribution in [-0.2, 0) is 20.2 Å². The van der Waals surface area contributed by atoms with E-state index in [9.17, 15) is 4.79 Å². The first-order valence-corrected chi connectivity index (χ1v) is 29.1. The monoisotopic (exact) mass is 893 g/mol. The number of ketones is 1. The van der Waals surface area contributed by atoms with Crippen LogP contribution in [0.5, 0.6) is 5.75 Å². The number of allylic oxidation sites excluding steroid dienone is 3. The lowest BCUT2D eigenvalue weighted by atomic mass is 9.81. The molecular weight excluding hydrogens is 809 g/mol. The second kappa shape index (κ2) is 23.5. The third-order valence-corrected chi connectivity index (χ3v) is 22.7. The number of carbonyl (C=O) groups excluding carboxylic acids is 1. The molecule has 3 aromatic rings. The van der Waals surface area contributed by atoms with Crippen molar-refractivity contribution in [1.29, 1.82) is 0 Å². The number of methoxy groups -OCH3 is 1. The average molecular weight is 893 g/mol. The third kappa shape index (κ3) is 15.8. The molecule has 3 aromatic carbocycles. The minimum Gasteiger partial charge on any atom is -0.497 e. The van der Waals surface area contributed by atoms with Gasteiger partial charge in [0, 0.05) is 23.0 Å². The van der Waals surface area contributed by atoms with Crippen LogP contribution >= 0.6 is 0 Å². The van der Waals surface area contributed by atoms with E-state index in [2.05, 4.69) is 152 Å². The van der Waals surface area contributed by atoms with Gasteiger partial charge in [0.15, 0.2) is 22.4 Å². The lowest BCUT2D eigenvalue weighted by molar-refractivity contribution is -0.0644. The zero-order valence-electron chi connectivity index (χ0n) is 42.3. The van der Waals surface area contributed by atoms with Gasteiger partial charge in [-0.1, -0.05) is 191 Å². The van der Waals surface area contributed by atoms with E-state index in [1.54, 1.807) is 7.11 Å². The SMILES string of the molecule is C=C/C=C\[C@H](C)[C@H](OCc1ccc(OC)cc1)[C@@H](C)[C@H](O[Si](C)(C)C(C)(C)C)[C@@H](C)C/C(C)=C\[C@H](C)[C@@H](O[Si](C)(C)C(C)(C)C)[C@@H](C)/C=C\c1ccc(C(=O)c2ccccc2)cc1. The molecule has 3 rings (SSSR count). The smallest absolute Gasteiger partial charge is 0.193 e. The molecule has 0 aliphatic rings. The van der Waals surface area contributed by atoms with Gasteiger partial charge < -0.3 is 18.3 Å². The second-order valence-corrected chi connectivity index (χ2v) is 30.7. The van der Waals surface area contributed by atoms with Gasteiger partial charge in [-0.2, -0.15) is 0 Å². The highest BCUT2D eigenvalue weighted by Crippen LogP contribution is 2.42. The van der Waals surface area contributed by atoms with Gasteiger partial charge in [0.2, 0.25) is 0 Å². The van der Waals surface area contributed by atoms with Gasteiger partial charge in [-0.3, -0.25) is 4.79 Å². The number of rotatable bonds is 23. The van der Waals surface area contributed by atoms with E-state index >= 15 is 0 Å². The van der Waals surface area contributed by atoms with Crippen molar-refractivity contribution in [3.8, 4) is 5.75 Å². The van der Waals surface area contributed by atoms with Crippen molar-refractivity contribution in [2.75, 3.05) is 7.11 Å². The van der Waals surface area contributed by atoms with Crippen molar-refractivity contribution in [1.82, 2.24) is 0 Å².